The number of benzene rings is 2. The number of epoxide rings is 1. The third-order valence-corrected chi connectivity index (χ3v) is 6.22. The van der Waals surface area contributed by atoms with Gasteiger partial charge in [0, 0.05) is 5.92 Å². The minimum Gasteiger partial charge on any atom is -0.467 e. The molecule has 1 amide bonds. The van der Waals surface area contributed by atoms with Gasteiger partial charge in [-0.05, 0) is 34.6 Å². The monoisotopic (exact) mass is 439 g/mol. The summed E-state index contributed by atoms with van der Waals surface area (Å²) >= 11 is 0. The molecule has 1 saturated heterocycles. The smallest absolute Gasteiger partial charge is 0.407 e. The summed E-state index contributed by atoms with van der Waals surface area (Å²) in [6.45, 7) is 4.17. The number of ether oxygens (including phenoxy) is 3. The zero-order valence-corrected chi connectivity index (χ0v) is 18.5. The van der Waals surface area contributed by atoms with E-state index in [9.17, 15) is 14.7 Å². The Balaban J connectivity index is 1.45. The Morgan fingerprint density at radius 1 is 1.12 bits per heavy atom. The summed E-state index contributed by atoms with van der Waals surface area (Å²) < 4.78 is 15.6. The lowest BCUT2D eigenvalue weighted by molar-refractivity contribution is -0.152. The molecule has 1 aliphatic heterocycles. The SMILES string of the molecule is COC(=O)[C@@]1([C@H](O)[C@H](CC(C)C)NC(=O)OCC2c3ccccc3-c3ccccc32)CO1. The standard InChI is InChI=1S/C25H29NO6/c1-15(2)12-21(22(27)25(14-32-25)23(28)30-3)26-24(29)31-13-20-18-10-6-4-8-16(18)17-9-5-7-11-19(17)20/h4-11,15,20-22,27H,12-14H2,1-3H3,(H,26,29)/t21-,22+,25-/m0/s1. The highest BCUT2D eigenvalue weighted by Crippen LogP contribution is 2.44. The summed E-state index contributed by atoms with van der Waals surface area (Å²) in [7, 11) is 1.24. The van der Waals surface area contributed by atoms with Crippen molar-refractivity contribution in [2.75, 3.05) is 20.3 Å². The topological polar surface area (TPSA) is 97.4 Å². The number of hydrogen-bond donors (Lipinski definition) is 2. The van der Waals surface area contributed by atoms with Gasteiger partial charge in [-0.15, -0.1) is 0 Å². The van der Waals surface area contributed by atoms with Crippen LogP contribution in [0.2, 0.25) is 0 Å². The Morgan fingerprint density at radius 2 is 1.69 bits per heavy atom. The lowest BCUT2D eigenvalue weighted by Crippen LogP contribution is -2.54. The van der Waals surface area contributed by atoms with Gasteiger partial charge < -0.3 is 24.6 Å². The number of esters is 1. The van der Waals surface area contributed by atoms with Crippen LogP contribution >= 0.6 is 0 Å². The Hall–Kier alpha value is -2.90. The number of rotatable bonds is 8. The average molecular weight is 440 g/mol. The fourth-order valence-electron chi connectivity index (χ4n) is 4.55. The molecule has 0 aromatic heterocycles. The highest BCUT2D eigenvalue weighted by molar-refractivity contribution is 5.83. The molecule has 7 heteroatoms. The fraction of sp³-hybridized carbons (Fsp3) is 0.440. The van der Waals surface area contributed by atoms with Crippen molar-refractivity contribution in [1.82, 2.24) is 5.32 Å². The van der Waals surface area contributed by atoms with Gasteiger partial charge in [0.1, 0.15) is 12.7 Å². The molecular weight excluding hydrogens is 410 g/mol. The number of carbonyl (C=O) groups is 2. The number of aliphatic hydroxyl groups is 1. The van der Waals surface area contributed by atoms with E-state index in [4.69, 9.17) is 14.2 Å². The van der Waals surface area contributed by atoms with Crippen molar-refractivity contribution in [1.29, 1.82) is 0 Å². The lowest BCUT2D eigenvalue weighted by Gasteiger charge is -2.28. The predicted molar refractivity (Wildman–Crippen MR) is 118 cm³/mol. The number of amides is 1. The number of fused-ring (bicyclic) bond motifs is 3. The maximum atomic E-state index is 12.7. The van der Waals surface area contributed by atoms with E-state index in [0.29, 0.717) is 6.42 Å². The van der Waals surface area contributed by atoms with Gasteiger partial charge in [-0.2, -0.15) is 0 Å². The van der Waals surface area contributed by atoms with E-state index in [2.05, 4.69) is 29.6 Å². The van der Waals surface area contributed by atoms with Crippen LogP contribution in [0.3, 0.4) is 0 Å². The van der Waals surface area contributed by atoms with E-state index in [-0.39, 0.29) is 25.0 Å². The van der Waals surface area contributed by atoms with E-state index in [0.717, 1.165) is 22.3 Å². The molecule has 1 heterocycles. The molecule has 170 valence electrons. The van der Waals surface area contributed by atoms with Crippen molar-refractivity contribution in [3.05, 3.63) is 59.7 Å². The molecule has 0 unspecified atom stereocenters. The fourth-order valence-corrected chi connectivity index (χ4v) is 4.55. The number of alkyl carbamates (subject to hydrolysis) is 1. The maximum Gasteiger partial charge on any atom is 0.407 e. The number of carbonyl (C=O) groups excluding carboxylic acids is 2. The van der Waals surface area contributed by atoms with Crippen LogP contribution in [-0.4, -0.2) is 55.2 Å². The summed E-state index contributed by atoms with van der Waals surface area (Å²) in [4.78, 5) is 24.8. The molecule has 3 atom stereocenters. The first-order valence-corrected chi connectivity index (χ1v) is 10.9. The third-order valence-electron chi connectivity index (χ3n) is 6.22. The summed E-state index contributed by atoms with van der Waals surface area (Å²) in [6.07, 6.45) is -1.43. The Morgan fingerprint density at radius 3 is 2.19 bits per heavy atom. The van der Waals surface area contributed by atoms with Gasteiger partial charge in [0.2, 0.25) is 5.60 Å². The molecule has 32 heavy (non-hydrogen) atoms. The van der Waals surface area contributed by atoms with E-state index >= 15 is 0 Å². The zero-order valence-electron chi connectivity index (χ0n) is 18.5. The summed E-state index contributed by atoms with van der Waals surface area (Å²) in [5, 5.41) is 13.6. The molecule has 7 nitrogen and oxygen atoms in total. The quantitative estimate of drug-likeness (QED) is 0.484. The largest absolute Gasteiger partial charge is 0.467 e. The molecule has 2 aliphatic rings. The maximum absolute atomic E-state index is 12.7. The number of nitrogens with one attached hydrogen (secondary N) is 1. The van der Waals surface area contributed by atoms with Gasteiger partial charge in [-0.3, -0.25) is 0 Å². The van der Waals surface area contributed by atoms with Crippen LogP contribution in [-0.2, 0) is 19.0 Å². The molecule has 1 fully saturated rings. The van der Waals surface area contributed by atoms with E-state index in [1.54, 1.807) is 0 Å². The molecule has 2 N–H and O–H groups in total. The second kappa shape index (κ2) is 8.92. The Bertz CT molecular complexity index is 954. The second-order valence-electron chi connectivity index (χ2n) is 8.82. The van der Waals surface area contributed by atoms with Crippen LogP contribution < -0.4 is 5.32 Å². The minimum atomic E-state index is -1.43. The predicted octanol–water partition coefficient (Wildman–Crippen LogP) is 3.24. The molecule has 0 spiro atoms. The number of aliphatic hydroxyl groups excluding tert-OH is 1. The van der Waals surface area contributed by atoms with Gasteiger partial charge in [-0.1, -0.05) is 62.4 Å². The summed E-state index contributed by atoms with van der Waals surface area (Å²) in [5.74, 6) is -0.542. The molecule has 0 radical (unpaired) electrons. The van der Waals surface area contributed by atoms with Crippen molar-refractivity contribution in [3.8, 4) is 11.1 Å². The van der Waals surface area contributed by atoms with Crippen LogP contribution in [0.25, 0.3) is 11.1 Å². The lowest BCUT2D eigenvalue weighted by atomic mass is 9.91. The van der Waals surface area contributed by atoms with Gasteiger partial charge >= 0.3 is 12.1 Å². The van der Waals surface area contributed by atoms with Gasteiger partial charge in [0.15, 0.2) is 0 Å². The van der Waals surface area contributed by atoms with Crippen molar-refractivity contribution in [2.45, 2.75) is 43.9 Å². The highest BCUT2D eigenvalue weighted by Gasteiger charge is 2.61. The second-order valence-corrected chi connectivity index (χ2v) is 8.82. The average Bonchev–Trinajstić information content (AvgIpc) is 3.54. The minimum absolute atomic E-state index is 0.0573. The van der Waals surface area contributed by atoms with Gasteiger partial charge in [0.05, 0.1) is 19.8 Å². The van der Waals surface area contributed by atoms with Crippen molar-refractivity contribution < 1.29 is 28.9 Å². The van der Waals surface area contributed by atoms with Crippen molar-refractivity contribution >= 4 is 12.1 Å². The first kappa shape index (κ1) is 22.3. The first-order chi connectivity index (χ1) is 15.4. The summed E-state index contributed by atoms with van der Waals surface area (Å²) in [6, 6.07) is 15.5. The molecule has 2 aromatic carbocycles. The van der Waals surface area contributed by atoms with Gasteiger partial charge in [-0.25, -0.2) is 9.59 Å². The number of hydrogen-bond acceptors (Lipinski definition) is 6. The molecule has 1 aliphatic carbocycles. The molecule has 0 bridgehead atoms. The van der Waals surface area contributed by atoms with E-state index in [1.807, 2.05) is 38.1 Å². The van der Waals surface area contributed by atoms with Crippen LogP contribution in [0.15, 0.2) is 48.5 Å². The van der Waals surface area contributed by atoms with Crippen LogP contribution in [0.1, 0.15) is 37.3 Å². The highest BCUT2D eigenvalue weighted by atomic mass is 16.7. The van der Waals surface area contributed by atoms with E-state index < -0.39 is 29.8 Å². The Labute approximate surface area is 187 Å². The van der Waals surface area contributed by atoms with Crippen LogP contribution in [0.4, 0.5) is 4.79 Å². The molecule has 0 saturated carbocycles. The third kappa shape index (κ3) is 4.10. The number of methoxy groups -OCH3 is 1. The zero-order chi connectivity index (χ0) is 22.9. The van der Waals surface area contributed by atoms with Crippen molar-refractivity contribution in [2.24, 2.45) is 5.92 Å². The van der Waals surface area contributed by atoms with Crippen LogP contribution in [0.5, 0.6) is 0 Å². The summed E-state index contributed by atoms with van der Waals surface area (Å²) in [5.41, 5.74) is 3.12. The van der Waals surface area contributed by atoms with Crippen LogP contribution in [0, 0.1) is 5.92 Å². The van der Waals surface area contributed by atoms with Crippen molar-refractivity contribution in [3.63, 3.8) is 0 Å². The first-order valence-electron chi connectivity index (χ1n) is 10.9. The van der Waals surface area contributed by atoms with Gasteiger partial charge in [0.25, 0.3) is 0 Å². The molecular formula is C25H29NO6. The van der Waals surface area contributed by atoms with E-state index in [1.165, 1.54) is 7.11 Å². The Kier molecular flexibility index (Phi) is 6.22. The normalized spacial score (nSPS) is 20.8. The molecule has 4 rings (SSSR count). The molecule has 2 aromatic rings.